The summed E-state index contributed by atoms with van der Waals surface area (Å²) in [6.45, 7) is 3.34. The number of fused-ring (bicyclic) bond motifs is 3. The van der Waals surface area contributed by atoms with Gasteiger partial charge >= 0.3 is 11.9 Å². The summed E-state index contributed by atoms with van der Waals surface area (Å²) >= 11 is 6.24. The first-order valence-corrected chi connectivity index (χ1v) is 8.52. The van der Waals surface area contributed by atoms with Crippen molar-refractivity contribution >= 4 is 34.4 Å². The zero-order valence-electron chi connectivity index (χ0n) is 13.6. The molecule has 0 saturated carbocycles. The normalized spacial score (nSPS) is 15.0. The minimum Gasteiger partial charge on any atom is -0.478 e. The molecule has 0 bridgehead atoms. The van der Waals surface area contributed by atoms with Gasteiger partial charge in [0.1, 0.15) is 0 Å². The number of hydrogen-bond donors (Lipinski definition) is 3. The minimum absolute atomic E-state index is 0. The Morgan fingerprint density at radius 2 is 1.73 bits per heavy atom. The second-order valence-corrected chi connectivity index (χ2v) is 6.48. The van der Waals surface area contributed by atoms with Crippen molar-refractivity contribution in [2.75, 3.05) is 13.1 Å². The third-order valence-electron chi connectivity index (χ3n) is 4.49. The molecule has 0 saturated heterocycles. The number of aliphatic carboxylic acids is 2. The number of aryl methyl sites for hydroxylation is 2. The van der Waals surface area contributed by atoms with Crippen molar-refractivity contribution in [3.63, 3.8) is 0 Å². The molecule has 2 aromatic rings. The average Bonchev–Trinajstić information content (AvgIpc) is 2.98. The fourth-order valence-corrected chi connectivity index (χ4v) is 3.82. The third kappa shape index (κ3) is 4.08. The smallest absolute Gasteiger partial charge is 0.328 e. The number of hydrogen-bond acceptors (Lipinski definition) is 3. The van der Waals surface area contributed by atoms with Crippen LogP contribution in [0.2, 0.25) is 5.02 Å². The van der Waals surface area contributed by atoms with Gasteiger partial charge < -0.3 is 20.1 Å². The molecule has 0 spiro atoms. The summed E-state index contributed by atoms with van der Waals surface area (Å²) in [5, 5.41) is 21.4. The molecule has 4 rings (SSSR count). The lowest BCUT2D eigenvalue weighted by Gasteiger charge is -2.05. The van der Waals surface area contributed by atoms with E-state index in [1.54, 1.807) is 5.69 Å². The summed E-state index contributed by atoms with van der Waals surface area (Å²) < 4.78 is 2.53. The maximum Gasteiger partial charge on any atom is 0.328 e. The maximum absolute atomic E-state index is 9.55. The first-order valence-electron chi connectivity index (χ1n) is 8.14. The van der Waals surface area contributed by atoms with Gasteiger partial charge in [-0.25, -0.2) is 9.59 Å². The lowest BCUT2D eigenvalue weighted by atomic mass is 10.0. The topological polar surface area (TPSA) is 91.6 Å². The molecule has 0 atom stereocenters. The number of carboxylic acids is 2. The van der Waals surface area contributed by atoms with Gasteiger partial charge in [0.05, 0.1) is 5.52 Å². The number of nitrogens with one attached hydrogen (secondary N) is 1. The van der Waals surface area contributed by atoms with E-state index in [4.69, 9.17) is 21.8 Å². The number of halogens is 1. The number of aromatic nitrogens is 1. The molecular weight excluding hydrogens is 356 g/mol. The van der Waals surface area contributed by atoms with Crippen molar-refractivity contribution in [1.29, 1.82) is 0 Å². The largest absolute Gasteiger partial charge is 0.478 e. The van der Waals surface area contributed by atoms with Gasteiger partial charge in [0, 0.05) is 47.8 Å². The van der Waals surface area contributed by atoms with Crippen molar-refractivity contribution in [2.45, 2.75) is 33.2 Å². The molecule has 1 aromatic carbocycles. The Bertz CT molecular complexity index is 854. The Morgan fingerprint density at radius 3 is 2.38 bits per heavy atom. The van der Waals surface area contributed by atoms with Crippen LogP contribution in [0.3, 0.4) is 0 Å². The van der Waals surface area contributed by atoms with E-state index in [1.807, 2.05) is 0 Å². The van der Waals surface area contributed by atoms with Crippen molar-refractivity contribution in [1.82, 2.24) is 9.88 Å². The Balaban J connectivity index is 0.000000235. The second kappa shape index (κ2) is 8.38. The van der Waals surface area contributed by atoms with Crippen LogP contribution >= 0.6 is 11.6 Å². The molecule has 0 amide bonds. The highest BCUT2D eigenvalue weighted by Gasteiger charge is 2.24. The van der Waals surface area contributed by atoms with E-state index in [2.05, 4.69) is 22.0 Å². The Morgan fingerprint density at radius 1 is 1.08 bits per heavy atom. The van der Waals surface area contributed by atoms with Gasteiger partial charge in [-0.3, -0.25) is 0 Å². The van der Waals surface area contributed by atoms with Crippen LogP contribution in [0.4, 0.5) is 0 Å². The predicted molar refractivity (Wildman–Crippen MR) is 102 cm³/mol. The molecule has 1 aromatic heterocycles. The van der Waals surface area contributed by atoms with Crippen LogP contribution in [0, 0.1) is 0 Å². The van der Waals surface area contributed by atoms with E-state index in [9.17, 15) is 9.59 Å². The van der Waals surface area contributed by atoms with Gasteiger partial charge in [0.15, 0.2) is 0 Å². The average molecular weight is 379 g/mol. The molecule has 0 fully saturated rings. The predicted octanol–water partition coefficient (Wildman–Crippen LogP) is 2.89. The van der Waals surface area contributed by atoms with Crippen molar-refractivity contribution in [2.24, 2.45) is 0 Å². The molecule has 2 aliphatic heterocycles. The summed E-state index contributed by atoms with van der Waals surface area (Å²) in [5.74, 6) is -2.51. The van der Waals surface area contributed by atoms with Crippen LogP contribution in [0.1, 0.15) is 24.2 Å². The summed E-state index contributed by atoms with van der Waals surface area (Å²) in [7, 11) is 0. The fraction of sp³-hybridized carbons (Fsp3) is 0.368. The molecule has 0 radical (unpaired) electrons. The van der Waals surface area contributed by atoms with Gasteiger partial charge in [0.25, 0.3) is 0 Å². The summed E-state index contributed by atoms with van der Waals surface area (Å²) in [4.78, 5) is 19.1. The third-order valence-corrected chi connectivity index (χ3v) is 4.70. The van der Waals surface area contributed by atoms with E-state index in [1.165, 1.54) is 22.0 Å². The van der Waals surface area contributed by atoms with E-state index < -0.39 is 11.9 Å². The van der Waals surface area contributed by atoms with Crippen LogP contribution in [0.5, 0.6) is 0 Å². The summed E-state index contributed by atoms with van der Waals surface area (Å²) in [6.07, 6.45) is 4.55. The van der Waals surface area contributed by atoms with Gasteiger partial charge in [-0.05, 0) is 42.6 Å². The maximum atomic E-state index is 9.55. The van der Waals surface area contributed by atoms with E-state index in [-0.39, 0.29) is 7.43 Å². The standard InChI is InChI=1S/C14H15ClN2.C4H4O4.CH4/c15-10-7-9-3-6-17-13-2-5-16-4-1-11(13)12(8-10)14(9)17;5-3(6)1-2-4(7)8;/h7-8,16H,1-6H2;1-2H,(H,5,6)(H,7,8);1H4/b;2-1-;. The lowest BCUT2D eigenvalue weighted by Crippen LogP contribution is -2.17. The van der Waals surface area contributed by atoms with E-state index in [0.29, 0.717) is 12.2 Å². The van der Waals surface area contributed by atoms with Crippen molar-refractivity contribution in [3.8, 4) is 0 Å². The molecular formula is C19H23ClN2O4. The monoisotopic (exact) mass is 378 g/mol. The Kier molecular flexibility index (Phi) is 6.45. The summed E-state index contributed by atoms with van der Waals surface area (Å²) in [6, 6.07) is 4.30. The molecule has 0 unspecified atom stereocenters. The van der Waals surface area contributed by atoms with Crippen LogP contribution < -0.4 is 5.32 Å². The number of carboxylic acid groups (broad SMARTS) is 2. The molecule has 3 heterocycles. The van der Waals surface area contributed by atoms with E-state index >= 15 is 0 Å². The quantitative estimate of drug-likeness (QED) is 0.699. The lowest BCUT2D eigenvalue weighted by molar-refractivity contribution is -0.134. The van der Waals surface area contributed by atoms with Gasteiger partial charge in [0.2, 0.25) is 0 Å². The first kappa shape index (κ1) is 20.0. The highest BCUT2D eigenvalue weighted by Crippen LogP contribution is 2.36. The molecule has 2 aliphatic rings. The number of nitrogens with zero attached hydrogens (tertiary/aromatic N) is 1. The fourth-order valence-electron chi connectivity index (χ4n) is 3.58. The zero-order chi connectivity index (χ0) is 18.0. The molecule has 26 heavy (non-hydrogen) atoms. The molecule has 140 valence electrons. The molecule has 3 N–H and O–H groups in total. The van der Waals surface area contributed by atoms with Crippen LogP contribution in [0.15, 0.2) is 24.3 Å². The SMILES string of the molecule is C.Clc1cc2c3c(c1)c1c(n3CC2)CCNCC1.O=C(O)/C=C\C(=O)O. The van der Waals surface area contributed by atoms with Gasteiger partial charge in [-0.2, -0.15) is 0 Å². The van der Waals surface area contributed by atoms with Gasteiger partial charge in [-0.15, -0.1) is 0 Å². The number of carbonyl (C=O) groups is 2. The molecule has 6 nitrogen and oxygen atoms in total. The zero-order valence-corrected chi connectivity index (χ0v) is 14.3. The van der Waals surface area contributed by atoms with Crippen molar-refractivity contribution < 1.29 is 19.8 Å². The van der Waals surface area contributed by atoms with Crippen molar-refractivity contribution in [3.05, 3.63) is 46.1 Å². The highest BCUT2D eigenvalue weighted by atomic mass is 35.5. The van der Waals surface area contributed by atoms with E-state index in [0.717, 1.165) is 43.9 Å². The summed E-state index contributed by atoms with van der Waals surface area (Å²) in [5.41, 5.74) is 5.98. The molecule has 0 aliphatic carbocycles. The van der Waals surface area contributed by atoms with Crippen LogP contribution in [-0.4, -0.2) is 39.8 Å². The number of rotatable bonds is 2. The number of benzene rings is 1. The van der Waals surface area contributed by atoms with Crippen LogP contribution in [0.25, 0.3) is 10.9 Å². The minimum atomic E-state index is -1.26. The molecule has 7 heteroatoms. The second-order valence-electron chi connectivity index (χ2n) is 6.05. The Hall–Kier alpha value is -2.31. The first-order chi connectivity index (χ1) is 12.0. The Labute approximate surface area is 157 Å². The van der Waals surface area contributed by atoms with Crippen LogP contribution in [-0.2, 0) is 35.4 Å². The highest BCUT2D eigenvalue weighted by molar-refractivity contribution is 6.31. The van der Waals surface area contributed by atoms with Gasteiger partial charge in [-0.1, -0.05) is 19.0 Å².